The van der Waals surface area contributed by atoms with Gasteiger partial charge in [0, 0.05) is 12.6 Å². The van der Waals surface area contributed by atoms with E-state index in [1.54, 1.807) is 0 Å². The van der Waals surface area contributed by atoms with Crippen molar-refractivity contribution in [2.24, 2.45) is 12.8 Å². The van der Waals surface area contributed by atoms with E-state index in [4.69, 9.17) is 5.73 Å². The van der Waals surface area contributed by atoms with Crippen molar-refractivity contribution in [3.8, 4) is 0 Å². The second-order valence-electron chi connectivity index (χ2n) is 4.11. The van der Waals surface area contributed by atoms with Gasteiger partial charge in [-0.05, 0) is 32.6 Å². The summed E-state index contributed by atoms with van der Waals surface area (Å²) in [7, 11) is 1.92. The molecule has 4 heteroatoms. The van der Waals surface area contributed by atoms with Crippen LogP contribution in [-0.2, 0) is 13.5 Å². The molecule has 72 valence electrons. The second-order valence-corrected chi connectivity index (χ2v) is 4.11. The largest absolute Gasteiger partial charge is 0.325 e. The summed E-state index contributed by atoms with van der Waals surface area (Å²) < 4.78 is 1.81. The van der Waals surface area contributed by atoms with E-state index < -0.39 is 0 Å². The first kappa shape index (κ1) is 8.69. The lowest BCUT2D eigenvalue weighted by Gasteiger charge is -2.05. The summed E-state index contributed by atoms with van der Waals surface area (Å²) in [5.41, 5.74) is 8.38. The van der Waals surface area contributed by atoms with Crippen LogP contribution in [-0.4, -0.2) is 20.5 Å². The first-order valence-electron chi connectivity index (χ1n) is 4.75. The van der Waals surface area contributed by atoms with E-state index in [0.717, 1.165) is 24.2 Å². The molecule has 0 unspecified atom stereocenters. The highest BCUT2D eigenvalue weighted by atomic mass is 15.4. The Hall–Kier alpha value is -0.900. The minimum atomic E-state index is 0.129. The van der Waals surface area contributed by atoms with Gasteiger partial charge in [-0.25, -0.2) is 0 Å². The number of nitrogens with two attached hydrogens (primary N) is 1. The highest BCUT2D eigenvalue weighted by Crippen LogP contribution is 2.36. The SMILES string of the molecule is Cc1c(CCC2(N)CC2)nnn1C. The highest BCUT2D eigenvalue weighted by molar-refractivity contribution is 5.10. The van der Waals surface area contributed by atoms with E-state index in [1.165, 1.54) is 12.8 Å². The van der Waals surface area contributed by atoms with Crippen LogP contribution < -0.4 is 5.73 Å². The second kappa shape index (κ2) is 2.80. The molecule has 13 heavy (non-hydrogen) atoms. The first-order chi connectivity index (χ1) is 6.11. The quantitative estimate of drug-likeness (QED) is 0.739. The molecule has 1 saturated carbocycles. The maximum absolute atomic E-state index is 6.00. The van der Waals surface area contributed by atoms with Crippen LogP contribution in [0.1, 0.15) is 30.7 Å². The van der Waals surface area contributed by atoms with E-state index in [2.05, 4.69) is 10.3 Å². The van der Waals surface area contributed by atoms with Crippen molar-refractivity contribution in [3.05, 3.63) is 11.4 Å². The zero-order valence-electron chi connectivity index (χ0n) is 8.25. The van der Waals surface area contributed by atoms with Crippen LogP contribution in [0.5, 0.6) is 0 Å². The summed E-state index contributed by atoms with van der Waals surface area (Å²) in [4.78, 5) is 0. The molecular weight excluding hydrogens is 164 g/mol. The smallest absolute Gasteiger partial charge is 0.0856 e. The molecule has 0 saturated heterocycles. The Kier molecular flexibility index (Phi) is 1.87. The number of aromatic nitrogens is 3. The van der Waals surface area contributed by atoms with E-state index in [1.807, 2.05) is 18.7 Å². The molecule has 0 amide bonds. The van der Waals surface area contributed by atoms with Gasteiger partial charge < -0.3 is 5.73 Å². The number of rotatable bonds is 3. The van der Waals surface area contributed by atoms with Crippen molar-refractivity contribution in [3.63, 3.8) is 0 Å². The lowest BCUT2D eigenvalue weighted by atomic mass is 10.1. The molecule has 0 radical (unpaired) electrons. The monoisotopic (exact) mass is 180 g/mol. The molecule has 1 aromatic heterocycles. The van der Waals surface area contributed by atoms with Crippen LogP contribution in [0, 0.1) is 6.92 Å². The fraction of sp³-hybridized carbons (Fsp3) is 0.778. The van der Waals surface area contributed by atoms with Gasteiger partial charge >= 0.3 is 0 Å². The van der Waals surface area contributed by atoms with Gasteiger partial charge in [-0.1, -0.05) is 5.21 Å². The summed E-state index contributed by atoms with van der Waals surface area (Å²) >= 11 is 0. The van der Waals surface area contributed by atoms with Gasteiger partial charge in [0.15, 0.2) is 0 Å². The maximum atomic E-state index is 6.00. The van der Waals surface area contributed by atoms with Gasteiger partial charge in [-0.15, -0.1) is 5.10 Å². The topological polar surface area (TPSA) is 56.7 Å². The molecule has 2 N–H and O–H groups in total. The fourth-order valence-electron chi connectivity index (χ4n) is 1.46. The average molecular weight is 180 g/mol. The van der Waals surface area contributed by atoms with E-state index >= 15 is 0 Å². The van der Waals surface area contributed by atoms with Crippen LogP contribution >= 0.6 is 0 Å². The van der Waals surface area contributed by atoms with Crippen LogP contribution in [0.3, 0.4) is 0 Å². The van der Waals surface area contributed by atoms with Crippen LogP contribution in [0.25, 0.3) is 0 Å². The maximum Gasteiger partial charge on any atom is 0.0856 e. The van der Waals surface area contributed by atoms with Crippen molar-refractivity contribution in [2.45, 2.75) is 38.1 Å². The molecule has 1 heterocycles. The van der Waals surface area contributed by atoms with Gasteiger partial charge in [0.1, 0.15) is 0 Å². The molecule has 2 rings (SSSR count). The van der Waals surface area contributed by atoms with Gasteiger partial charge in [0.25, 0.3) is 0 Å². The predicted molar refractivity (Wildman–Crippen MR) is 50.2 cm³/mol. The molecular formula is C9H16N4. The molecule has 0 spiro atoms. The number of aryl methyl sites for hydroxylation is 2. The molecule has 1 aromatic rings. The third-order valence-corrected chi connectivity index (χ3v) is 2.95. The number of hydrogen-bond acceptors (Lipinski definition) is 3. The van der Waals surface area contributed by atoms with Gasteiger partial charge in [0.2, 0.25) is 0 Å². The van der Waals surface area contributed by atoms with Gasteiger partial charge in [-0.3, -0.25) is 4.68 Å². The Morgan fingerprint density at radius 3 is 2.69 bits per heavy atom. The molecule has 4 nitrogen and oxygen atoms in total. The Morgan fingerprint density at radius 1 is 1.54 bits per heavy atom. The summed E-state index contributed by atoms with van der Waals surface area (Å²) in [5.74, 6) is 0. The number of nitrogens with zero attached hydrogens (tertiary/aromatic N) is 3. The van der Waals surface area contributed by atoms with Crippen molar-refractivity contribution in [1.82, 2.24) is 15.0 Å². The third-order valence-electron chi connectivity index (χ3n) is 2.95. The predicted octanol–water partition coefficient (Wildman–Crippen LogP) is 0.547. The lowest BCUT2D eigenvalue weighted by Crippen LogP contribution is -2.22. The van der Waals surface area contributed by atoms with Crippen molar-refractivity contribution < 1.29 is 0 Å². The van der Waals surface area contributed by atoms with E-state index in [-0.39, 0.29) is 5.54 Å². The molecule has 1 fully saturated rings. The lowest BCUT2D eigenvalue weighted by molar-refractivity contribution is 0.601. The van der Waals surface area contributed by atoms with Crippen LogP contribution in [0.15, 0.2) is 0 Å². The fourth-order valence-corrected chi connectivity index (χ4v) is 1.46. The minimum Gasteiger partial charge on any atom is -0.325 e. The van der Waals surface area contributed by atoms with Crippen molar-refractivity contribution in [1.29, 1.82) is 0 Å². The normalized spacial score (nSPS) is 19.0. The van der Waals surface area contributed by atoms with Gasteiger partial charge in [0.05, 0.1) is 11.4 Å². The highest BCUT2D eigenvalue weighted by Gasteiger charge is 2.37. The van der Waals surface area contributed by atoms with Crippen LogP contribution in [0.4, 0.5) is 0 Å². The van der Waals surface area contributed by atoms with Crippen molar-refractivity contribution in [2.75, 3.05) is 0 Å². The zero-order valence-corrected chi connectivity index (χ0v) is 8.25. The van der Waals surface area contributed by atoms with E-state index in [9.17, 15) is 0 Å². The average Bonchev–Trinajstić information content (AvgIpc) is 2.75. The zero-order chi connectivity index (χ0) is 9.47. The first-order valence-corrected chi connectivity index (χ1v) is 4.75. The summed E-state index contributed by atoms with van der Waals surface area (Å²) in [6.45, 7) is 2.05. The third kappa shape index (κ3) is 1.72. The summed E-state index contributed by atoms with van der Waals surface area (Å²) in [5, 5.41) is 8.07. The standard InChI is InChI=1S/C9H16N4/c1-7-8(11-12-13(7)2)3-4-9(10)5-6-9/h3-6,10H2,1-2H3. The molecule has 0 aliphatic heterocycles. The molecule has 1 aliphatic carbocycles. The molecule has 1 aliphatic rings. The Morgan fingerprint density at radius 2 is 2.23 bits per heavy atom. The van der Waals surface area contributed by atoms with Gasteiger partial charge in [-0.2, -0.15) is 0 Å². The Labute approximate surface area is 78.1 Å². The summed E-state index contributed by atoms with van der Waals surface area (Å²) in [6.07, 6.45) is 4.36. The van der Waals surface area contributed by atoms with Crippen molar-refractivity contribution >= 4 is 0 Å². The molecule has 0 bridgehead atoms. The minimum absolute atomic E-state index is 0.129. The van der Waals surface area contributed by atoms with Crippen LogP contribution in [0.2, 0.25) is 0 Å². The van der Waals surface area contributed by atoms with E-state index in [0.29, 0.717) is 0 Å². The Balaban J connectivity index is 1.97. The Bertz CT molecular complexity index is 311. The summed E-state index contributed by atoms with van der Waals surface area (Å²) in [6, 6.07) is 0. The molecule has 0 atom stereocenters. The number of hydrogen-bond donors (Lipinski definition) is 1. The molecule has 0 aromatic carbocycles.